The van der Waals surface area contributed by atoms with Gasteiger partial charge in [0.2, 0.25) is 11.8 Å². The van der Waals surface area contributed by atoms with E-state index in [0.29, 0.717) is 12.8 Å². The molecule has 0 unspecified atom stereocenters. The predicted molar refractivity (Wildman–Crippen MR) is 237 cm³/mol. The fourth-order valence-electron chi connectivity index (χ4n) is 5.49. The zero-order valence-corrected chi connectivity index (χ0v) is 39.2. The standard InChI is InChI=1S/2C19H21N3O.C4H6O6.Cl3GeH/c2*1-13-5-8-15(9-6-13)19-16(11-18(23)21(3)4)22-12-14(2)7-10-17(22)20-19;5-1(3(7)8)2(6)4(9)10;1-4(2)3/h2*5-10,12H,11H2,1-4H3;1-2,5-6H,(H,7,8)(H,9,10);4H/t;;1-,2-;/m..1./s1. The molecule has 60 heavy (non-hydrogen) atoms. The van der Waals surface area contributed by atoms with Gasteiger partial charge in [-0.1, -0.05) is 71.8 Å². The summed E-state index contributed by atoms with van der Waals surface area (Å²) < 4.78 is 4.07. The van der Waals surface area contributed by atoms with Crippen LogP contribution < -0.4 is 0 Å². The van der Waals surface area contributed by atoms with Crippen LogP contribution in [0.25, 0.3) is 33.8 Å². The number of carboxylic acid groups (broad SMARTS) is 2. The van der Waals surface area contributed by atoms with Gasteiger partial charge in [0.25, 0.3) is 0 Å². The number of pyridine rings is 2. The molecule has 0 fully saturated rings. The van der Waals surface area contributed by atoms with Gasteiger partial charge in [-0.25, -0.2) is 19.6 Å². The first-order valence-electron chi connectivity index (χ1n) is 18.3. The first-order valence-corrected chi connectivity index (χ1v) is 27.9. The summed E-state index contributed by atoms with van der Waals surface area (Å²) in [7, 11) is 22.1. The maximum atomic E-state index is 12.3. The Bertz CT molecular complexity index is 2250. The van der Waals surface area contributed by atoms with Gasteiger partial charge < -0.3 is 39.0 Å². The molecule has 6 rings (SSSR count). The molecule has 0 aliphatic heterocycles. The van der Waals surface area contributed by atoms with Crippen LogP contribution in [0, 0.1) is 27.7 Å². The van der Waals surface area contributed by atoms with E-state index in [2.05, 4.69) is 62.4 Å². The summed E-state index contributed by atoms with van der Waals surface area (Å²) in [6.07, 6.45) is 0.216. The van der Waals surface area contributed by atoms with Gasteiger partial charge >= 0.3 is 53.5 Å². The van der Waals surface area contributed by atoms with Crippen molar-refractivity contribution in [3.63, 3.8) is 0 Å². The van der Waals surface area contributed by atoms with Gasteiger partial charge in [-0.15, -0.1) is 0 Å². The summed E-state index contributed by atoms with van der Waals surface area (Å²) in [6.45, 7) is 8.21. The van der Waals surface area contributed by atoms with E-state index >= 15 is 0 Å². The first kappa shape index (κ1) is 49.4. The Balaban J connectivity index is 0.000000246. The van der Waals surface area contributed by atoms with Gasteiger partial charge in [0.15, 0.2) is 12.2 Å². The van der Waals surface area contributed by atoms with E-state index in [1.807, 2.05) is 59.3 Å². The molecule has 0 bridgehead atoms. The number of carbonyl (C=O) groups is 4. The normalized spacial score (nSPS) is 11.6. The van der Waals surface area contributed by atoms with Crippen molar-refractivity contribution >= 4 is 76.6 Å². The maximum absolute atomic E-state index is 12.3. The number of hydrogen-bond acceptors (Lipinski definition) is 8. The van der Waals surface area contributed by atoms with Crippen LogP contribution in [0.15, 0.2) is 85.2 Å². The molecule has 0 radical (unpaired) electrons. The van der Waals surface area contributed by atoms with Crippen LogP contribution >= 0.6 is 30.0 Å². The van der Waals surface area contributed by atoms with Gasteiger partial charge in [0.1, 0.15) is 11.3 Å². The van der Waals surface area contributed by atoms with Gasteiger partial charge in [-0.2, -0.15) is 0 Å². The van der Waals surface area contributed by atoms with Gasteiger partial charge in [-0.3, -0.25) is 9.59 Å². The molecule has 0 saturated heterocycles. The minimum absolute atomic E-state index is 0.0710. The van der Waals surface area contributed by atoms with E-state index in [1.165, 1.54) is 11.1 Å². The molecule has 0 spiro atoms. The number of aromatic nitrogens is 4. The summed E-state index contributed by atoms with van der Waals surface area (Å²) in [5, 5.41) is 32.5. The summed E-state index contributed by atoms with van der Waals surface area (Å²) >= 11 is -2.06. The van der Waals surface area contributed by atoms with E-state index in [1.54, 1.807) is 38.0 Å². The quantitative estimate of drug-likeness (QED) is 0.129. The predicted octanol–water partition coefficient (Wildman–Crippen LogP) is 5.80. The van der Waals surface area contributed by atoms with E-state index in [0.717, 1.165) is 56.3 Å². The number of amides is 2. The Kier molecular flexibility index (Phi) is 18.6. The molecular formula is C42H49Cl3GeN6O8. The topological polar surface area (TPSA) is 190 Å². The molecule has 320 valence electrons. The summed E-state index contributed by atoms with van der Waals surface area (Å²) in [5.41, 5.74) is 12.2. The van der Waals surface area contributed by atoms with E-state index in [4.69, 9.17) is 60.4 Å². The molecule has 0 aliphatic carbocycles. The van der Waals surface area contributed by atoms with Crippen molar-refractivity contribution in [2.45, 2.75) is 52.7 Å². The van der Waals surface area contributed by atoms with Crippen molar-refractivity contribution in [3.8, 4) is 22.5 Å². The van der Waals surface area contributed by atoms with Crippen molar-refractivity contribution in [1.82, 2.24) is 28.6 Å². The molecular weight excluding hydrogens is 895 g/mol. The molecule has 2 amide bonds. The van der Waals surface area contributed by atoms with Crippen LogP contribution in [-0.4, -0.2) is 125 Å². The second kappa shape index (κ2) is 22.6. The van der Waals surface area contributed by atoms with Crippen molar-refractivity contribution in [3.05, 3.63) is 119 Å². The monoisotopic (exact) mass is 944 g/mol. The molecule has 6 aromatic rings. The number of aliphatic hydroxyl groups is 2. The number of halogens is 3. The van der Waals surface area contributed by atoms with E-state index in [9.17, 15) is 19.2 Å². The summed E-state index contributed by atoms with van der Waals surface area (Å²) in [6, 6.07) is 24.6. The summed E-state index contributed by atoms with van der Waals surface area (Å²) in [4.78, 5) is 56.8. The van der Waals surface area contributed by atoms with Crippen molar-refractivity contribution in [2.24, 2.45) is 0 Å². The fourth-order valence-corrected chi connectivity index (χ4v) is 5.49. The van der Waals surface area contributed by atoms with Crippen LogP contribution in [-0.2, 0) is 32.0 Å². The number of nitrogens with zero attached hydrogens (tertiary/aromatic N) is 6. The molecule has 0 aliphatic rings. The van der Waals surface area contributed by atoms with Crippen LogP contribution in [0.4, 0.5) is 0 Å². The van der Waals surface area contributed by atoms with Gasteiger partial charge in [-0.05, 0) is 51.0 Å². The van der Waals surface area contributed by atoms with Crippen molar-refractivity contribution in [1.29, 1.82) is 0 Å². The third kappa shape index (κ3) is 14.1. The third-order valence-corrected chi connectivity index (χ3v) is 8.82. The Labute approximate surface area is 365 Å². The summed E-state index contributed by atoms with van der Waals surface area (Å²) in [5.74, 6) is -3.40. The molecule has 4 aromatic heterocycles. The Morgan fingerprint density at radius 2 is 0.850 bits per heavy atom. The Hall–Kier alpha value is -4.97. The number of hydrogen-bond donors (Lipinski definition) is 4. The molecule has 14 nitrogen and oxygen atoms in total. The number of rotatable bonds is 9. The average molecular weight is 945 g/mol. The van der Waals surface area contributed by atoms with Crippen LogP contribution in [0.5, 0.6) is 0 Å². The number of aliphatic hydroxyl groups excluding tert-OH is 2. The van der Waals surface area contributed by atoms with Crippen molar-refractivity contribution in [2.75, 3.05) is 28.2 Å². The van der Waals surface area contributed by atoms with Crippen LogP contribution in [0.3, 0.4) is 0 Å². The number of aryl methyl sites for hydroxylation is 4. The molecule has 18 heteroatoms. The number of likely N-dealkylation sites (N-methyl/N-ethyl adjacent to an activating group) is 2. The second-order valence-electron chi connectivity index (χ2n) is 14.2. The third-order valence-electron chi connectivity index (χ3n) is 8.82. The molecule has 2 aromatic carbocycles. The van der Waals surface area contributed by atoms with Crippen LogP contribution in [0.2, 0.25) is 0 Å². The van der Waals surface area contributed by atoms with Crippen LogP contribution in [0.1, 0.15) is 33.6 Å². The average Bonchev–Trinajstić information content (AvgIpc) is 3.71. The molecule has 0 saturated carbocycles. The molecule has 2 atom stereocenters. The number of aliphatic carboxylic acids is 2. The Morgan fingerprint density at radius 3 is 1.12 bits per heavy atom. The minimum atomic E-state index is -2.27. The zero-order valence-electron chi connectivity index (χ0n) is 34.5. The number of imidazole rings is 2. The number of fused-ring (bicyclic) bond motifs is 2. The fraction of sp³-hybridized carbons (Fsp3) is 0.286. The second-order valence-corrected chi connectivity index (χ2v) is 25.5. The van der Waals surface area contributed by atoms with E-state index in [-0.39, 0.29) is 11.8 Å². The Morgan fingerprint density at radius 1 is 0.567 bits per heavy atom. The molecule has 4 N–H and O–H groups in total. The van der Waals surface area contributed by atoms with Gasteiger partial charge in [0, 0.05) is 51.7 Å². The zero-order chi connectivity index (χ0) is 45.0. The van der Waals surface area contributed by atoms with Crippen molar-refractivity contribution < 1.29 is 39.6 Å². The van der Waals surface area contributed by atoms with Gasteiger partial charge in [0.05, 0.1) is 35.6 Å². The SMILES string of the molecule is Cc1ccc(-c2nc3ccc(C)cn3c2CC(=O)N(C)C)cc1.Cc1ccc(-c2nc3ccc(C)cn3c2CC(=O)N(C)C)cc1.O=C(O)[C@H](O)[C@@H](O)C(=O)O.[Cl][GeH]([Cl])[Cl]. The molecule has 4 heterocycles. The number of carbonyl (C=O) groups excluding carboxylic acids is 2. The van der Waals surface area contributed by atoms with E-state index < -0.39 is 35.7 Å². The first-order chi connectivity index (χ1) is 28.1. The number of benzene rings is 2. The number of carboxylic acids is 2.